The van der Waals surface area contributed by atoms with Crippen LogP contribution in [0.2, 0.25) is 0 Å². The molecule has 0 radical (unpaired) electrons. The molecule has 1 saturated heterocycles. The van der Waals surface area contributed by atoms with Crippen molar-refractivity contribution in [3.63, 3.8) is 0 Å². The first-order chi connectivity index (χ1) is 10.8. The normalized spacial score (nSPS) is 16.3. The van der Waals surface area contributed by atoms with Gasteiger partial charge in [0.05, 0.1) is 5.56 Å². The van der Waals surface area contributed by atoms with Crippen LogP contribution in [0.5, 0.6) is 0 Å². The number of rotatable bonds is 3. The minimum atomic E-state index is -4.45. The van der Waals surface area contributed by atoms with Gasteiger partial charge in [0.25, 0.3) is 5.91 Å². The van der Waals surface area contributed by atoms with Crippen molar-refractivity contribution in [2.75, 3.05) is 19.6 Å². The molecule has 1 aliphatic rings. The molecule has 0 aliphatic carbocycles. The average Bonchev–Trinajstić information content (AvgIpc) is 2.52. The highest BCUT2D eigenvalue weighted by Gasteiger charge is 2.32. The largest absolute Gasteiger partial charge is 0.405 e. The van der Waals surface area contributed by atoms with Crippen LogP contribution in [-0.4, -0.2) is 42.5 Å². The van der Waals surface area contributed by atoms with Gasteiger partial charge in [0.2, 0.25) is 5.91 Å². The fraction of sp³-hybridized carbons (Fsp3) is 0.467. The van der Waals surface area contributed by atoms with Crippen LogP contribution in [0, 0.1) is 11.7 Å². The first-order valence-corrected chi connectivity index (χ1v) is 7.16. The van der Waals surface area contributed by atoms with Gasteiger partial charge in [-0.15, -0.1) is 0 Å². The monoisotopic (exact) mass is 332 g/mol. The highest BCUT2D eigenvalue weighted by Crippen LogP contribution is 2.21. The van der Waals surface area contributed by atoms with Crippen molar-refractivity contribution >= 4 is 11.8 Å². The predicted molar refractivity (Wildman–Crippen MR) is 74.1 cm³/mol. The molecule has 1 aromatic rings. The molecule has 8 heteroatoms. The minimum absolute atomic E-state index is 0.0486. The maximum absolute atomic E-state index is 13.6. The lowest BCUT2D eigenvalue weighted by atomic mass is 9.95. The van der Waals surface area contributed by atoms with Gasteiger partial charge in [0.15, 0.2) is 0 Å². The van der Waals surface area contributed by atoms with E-state index in [1.54, 1.807) is 6.07 Å². The number of likely N-dealkylation sites (tertiary alicyclic amines) is 1. The number of carbonyl (C=O) groups excluding carboxylic acids is 2. The smallest absolute Gasteiger partial charge is 0.347 e. The molecule has 0 saturated carbocycles. The van der Waals surface area contributed by atoms with E-state index < -0.39 is 36.3 Å². The van der Waals surface area contributed by atoms with Crippen molar-refractivity contribution in [2.45, 2.75) is 19.0 Å². The zero-order valence-corrected chi connectivity index (χ0v) is 12.2. The van der Waals surface area contributed by atoms with E-state index in [2.05, 4.69) is 0 Å². The SMILES string of the molecule is O=C(NCC(F)(F)F)C1CCN(C(=O)c2ccccc2F)CC1. The molecule has 0 unspecified atom stereocenters. The third-order valence-electron chi connectivity index (χ3n) is 3.72. The van der Waals surface area contributed by atoms with Crippen molar-refractivity contribution < 1.29 is 27.2 Å². The molecule has 1 heterocycles. The molecule has 1 aliphatic heterocycles. The molecule has 0 aromatic heterocycles. The Labute approximate surface area is 130 Å². The van der Waals surface area contributed by atoms with Gasteiger partial charge in [-0.1, -0.05) is 12.1 Å². The van der Waals surface area contributed by atoms with Crippen molar-refractivity contribution in [1.82, 2.24) is 10.2 Å². The number of piperidine rings is 1. The molecule has 2 rings (SSSR count). The Morgan fingerprint density at radius 1 is 1.17 bits per heavy atom. The van der Waals surface area contributed by atoms with Crippen LogP contribution in [0.1, 0.15) is 23.2 Å². The second-order valence-electron chi connectivity index (χ2n) is 5.38. The summed E-state index contributed by atoms with van der Waals surface area (Å²) in [6, 6.07) is 5.58. The number of hydrogen-bond acceptors (Lipinski definition) is 2. The lowest BCUT2D eigenvalue weighted by molar-refractivity contribution is -0.141. The van der Waals surface area contributed by atoms with E-state index in [0.29, 0.717) is 0 Å². The summed E-state index contributed by atoms with van der Waals surface area (Å²) in [5, 5.41) is 1.85. The molecule has 0 atom stereocenters. The Morgan fingerprint density at radius 3 is 2.35 bits per heavy atom. The van der Waals surface area contributed by atoms with Gasteiger partial charge in [-0.25, -0.2) is 4.39 Å². The Morgan fingerprint density at radius 2 is 1.78 bits per heavy atom. The summed E-state index contributed by atoms with van der Waals surface area (Å²) >= 11 is 0. The summed E-state index contributed by atoms with van der Waals surface area (Å²) < 4.78 is 49.8. The Kier molecular flexibility index (Phi) is 5.23. The number of alkyl halides is 3. The second kappa shape index (κ2) is 6.97. The fourth-order valence-corrected chi connectivity index (χ4v) is 2.48. The van der Waals surface area contributed by atoms with Crippen LogP contribution in [-0.2, 0) is 4.79 Å². The zero-order valence-electron chi connectivity index (χ0n) is 12.2. The van der Waals surface area contributed by atoms with Crippen molar-refractivity contribution in [1.29, 1.82) is 0 Å². The Bertz CT molecular complexity index is 581. The minimum Gasteiger partial charge on any atom is -0.347 e. The van der Waals surface area contributed by atoms with E-state index in [-0.39, 0.29) is 31.5 Å². The van der Waals surface area contributed by atoms with E-state index in [9.17, 15) is 27.2 Å². The topological polar surface area (TPSA) is 49.4 Å². The van der Waals surface area contributed by atoms with Crippen molar-refractivity contribution in [3.8, 4) is 0 Å². The van der Waals surface area contributed by atoms with E-state index >= 15 is 0 Å². The van der Waals surface area contributed by atoms with Gasteiger partial charge in [-0.2, -0.15) is 13.2 Å². The second-order valence-corrected chi connectivity index (χ2v) is 5.38. The first-order valence-electron chi connectivity index (χ1n) is 7.16. The molecular weight excluding hydrogens is 316 g/mol. The van der Waals surface area contributed by atoms with E-state index in [1.165, 1.54) is 23.1 Å². The van der Waals surface area contributed by atoms with E-state index in [4.69, 9.17) is 0 Å². The number of carbonyl (C=O) groups is 2. The predicted octanol–water partition coefficient (Wildman–Crippen LogP) is 2.36. The Balaban J connectivity index is 1.87. The quantitative estimate of drug-likeness (QED) is 0.864. The molecular formula is C15H16F4N2O2. The summed E-state index contributed by atoms with van der Waals surface area (Å²) in [5.41, 5.74) is -0.0486. The molecule has 1 fully saturated rings. The van der Waals surface area contributed by atoms with Crippen LogP contribution < -0.4 is 5.32 Å². The fourth-order valence-electron chi connectivity index (χ4n) is 2.48. The number of benzene rings is 1. The lowest BCUT2D eigenvalue weighted by Crippen LogP contribution is -2.44. The maximum atomic E-state index is 13.6. The van der Waals surface area contributed by atoms with Gasteiger partial charge in [0, 0.05) is 19.0 Å². The number of amides is 2. The lowest BCUT2D eigenvalue weighted by Gasteiger charge is -2.31. The van der Waals surface area contributed by atoms with Gasteiger partial charge < -0.3 is 10.2 Å². The number of nitrogens with one attached hydrogen (secondary N) is 1. The maximum Gasteiger partial charge on any atom is 0.405 e. The van der Waals surface area contributed by atoms with E-state index in [0.717, 1.165) is 0 Å². The van der Waals surface area contributed by atoms with Crippen LogP contribution in [0.4, 0.5) is 17.6 Å². The highest BCUT2D eigenvalue weighted by molar-refractivity contribution is 5.94. The standard InChI is InChI=1S/C15H16F4N2O2/c16-12-4-2-1-3-11(12)14(23)21-7-5-10(6-8-21)13(22)20-9-15(17,18)19/h1-4,10H,5-9H2,(H,20,22). The molecule has 2 amide bonds. The molecule has 0 bridgehead atoms. The van der Waals surface area contributed by atoms with Gasteiger partial charge >= 0.3 is 6.18 Å². The summed E-state index contributed by atoms with van der Waals surface area (Å²) in [7, 11) is 0. The molecule has 126 valence electrons. The van der Waals surface area contributed by atoms with Gasteiger partial charge in [-0.05, 0) is 25.0 Å². The van der Waals surface area contributed by atoms with Crippen LogP contribution in [0.3, 0.4) is 0 Å². The molecule has 4 nitrogen and oxygen atoms in total. The summed E-state index contributed by atoms with van der Waals surface area (Å²) in [5.74, 6) is -2.33. The van der Waals surface area contributed by atoms with E-state index in [1.807, 2.05) is 5.32 Å². The first kappa shape index (κ1) is 17.2. The summed E-state index contributed by atoms with van der Waals surface area (Å²) in [6.07, 6.45) is -3.94. The summed E-state index contributed by atoms with van der Waals surface area (Å²) in [6.45, 7) is -0.950. The van der Waals surface area contributed by atoms with Gasteiger partial charge in [0.1, 0.15) is 12.4 Å². The summed E-state index contributed by atoms with van der Waals surface area (Å²) in [4.78, 5) is 25.3. The third-order valence-corrected chi connectivity index (χ3v) is 3.72. The van der Waals surface area contributed by atoms with Gasteiger partial charge in [-0.3, -0.25) is 9.59 Å². The third kappa shape index (κ3) is 4.67. The van der Waals surface area contributed by atoms with Crippen LogP contribution in [0.25, 0.3) is 0 Å². The van der Waals surface area contributed by atoms with Crippen molar-refractivity contribution in [3.05, 3.63) is 35.6 Å². The number of hydrogen-bond donors (Lipinski definition) is 1. The number of halogens is 4. The van der Waals surface area contributed by atoms with Crippen LogP contribution >= 0.6 is 0 Å². The average molecular weight is 332 g/mol. The van der Waals surface area contributed by atoms with Crippen LogP contribution in [0.15, 0.2) is 24.3 Å². The van der Waals surface area contributed by atoms with Crippen molar-refractivity contribution in [2.24, 2.45) is 5.92 Å². The number of nitrogens with zero attached hydrogens (tertiary/aromatic N) is 1. The Hall–Kier alpha value is -2.12. The molecule has 0 spiro atoms. The molecule has 1 N–H and O–H groups in total. The molecule has 1 aromatic carbocycles. The zero-order chi connectivity index (χ0) is 17.0. The molecule has 23 heavy (non-hydrogen) atoms. The highest BCUT2D eigenvalue weighted by atomic mass is 19.4.